The summed E-state index contributed by atoms with van der Waals surface area (Å²) in [5.41, 5.74) is 0.757. The van der Waals surface area contributed by atoms with Crippen LogP contribution in [-0.2, 0) is 0 Å². The molecule has 110 valence electrons. The summed E-state index contributed by atoms with van der Waals surface area (Å²) in [6.45, 7) is 3.69. The fourth-order valence-corrected chi connectivity index (χ4v) is 3.09. The molecule has 2 aromatic rings. The molecule has 1 aliphatic rings. The Kier molecular flexibility index (Phi) is 3.60. The summed E-state index contributed by atoms with van der Waals surface area (Å²) in [4.78, 5) is 22.9. The first-order valence-corrected chi connectivity index (χ1v) is 7.36. The second-order valence-corrected chi connectivity index (χ2v) is 6.35. The molecule has 7 heteroatoms. The molecule has 0 spiro atoms. The Balaban J connectivity index is 1.76. The largest absolute Gasteiger partial charge is 0.485 e. The molecule has 1 N–H and O–H groups in total. The number of nitrogens with zero attached hydrogens (tertiary/aromatic N) is 3. The summed E-state index contributed by atoms with van der Waals surface area (Å²) in [5.74, 6) is 0.237. The Hall–Kier alpha value is -1.99. The van der Waals surface area contributed by atoms with E-state index in [0.717, 1.165) is 23.5 Å². The number of carbonyl (C=O) groups is 1. The zero-order chi connectivity index (χ0) is 15.0. The number of aromatic nitrogens is 2. The van der Waals surface area contributed by atoms with Crippen molar-refractivity contribution in [1.82, 2.24) is 14.9 Å². The van der Waals surface area contributed by atoms with Crippen molar-refractivity contribution in [3.05, 3.63) is 28.2 Å². The maximum Gasteiger partial charge on any atom is 0.345 e. The average molecular weight is 305 g/mol. The van der Waals surface area contributed by atoms with Crippen molar-refractivity contribution >= 4 is 17.3 Å². The van der Waals surface area contributed by atoms with Crippen LogP contribution in [-0.4, -0.2) is 52.2 Å². The van der Waals surface area contributed by atoms with E-state index < -0.39 is 5.97 Å². The topological polar surface area (TPSA) is 75.6 Å². The summed E-state index contributed by atoms with van der Waals surface area (Å²) >= 11 is 1.23. The molecule has 0 aliphatic carbocycles. The van der Waals surface area contributed by atoms with Gasteiger partial charge in [-0.3, -0.25) is 4.90 Å². The van der Waals surface area contributed by atoms with E-state index in [1.807, 2.05) is 14.0 Å². The second-order valence-electron chi connectivity index (χ2n) is 5.09. The smallest absolute Gasteiger partial charge is 0.345 e. The number of carboxylic acid groups (broad SMARTS) is 1. The van der Waals surface area contributed by atoms with Gasteiger partial charge in [0, 0.05) is 23.5 Å². The van der Waals surface area contributed by atoms with Gasteiger partial charge in [-0.25, -0.2) is 14.8 Å². The van der Waals surface area contributed by atoms with Gasteiger partial charge in [0.05, 0.1) is 12.4 Å². The fraction of sp³-hybridized carbons (Fsp3) is 0.357. The Morgan fingerprint density at radius 1 is 1.43 bits per heavy atom. The van der Waals surface area contributed by atoms with Gasteiger partial charge in [-0.05, 0) is 20.0 Å². The minimum atomic E-state index is -0.927. The lowest BCUT2D eigenvalue weighted by Crippen LogP contribution is -2.51. The van der Waals surface area contributed by atoms with Gasteiger partial charge in [-0.15, -0.1) is 11.3 Å². The summed E-state index contributed by atoms with van der Waals surface area (Å²) in [7, 11) is 2.04. The first kappa shape index (κ1) is 14.0. The number of hydrogen-bond donors (Lipinski definition) is 1. The van der Waals surface area contributed by atoms with Crippen molar-refractivity contribution in [1.29, 1.82) is 0 Å². The highest BCUT2D eigenvalue weighted by molar-refractivity contribution is 7.14. The molecule has 0 radical (unpaired) electrons. The van der Waals surface area contributed by atoms with Gasteiger partial charge in [0.1, 0.15) is 11.0 Å². The molecule has 1 saturated heterocycles. The highest BCUT2D eigenvalue weighted by Crippen LogP contribution is 2.29. The zero-order valence-electron chi connectivity index (χ0n) is 11.7. The number of ether oxygens (including phenoxy) is 1. The first-order chi connectivity index (χ1) is 10.0. The molecular weight excluding hydrogens is 290 g/mol. The van der Waals surface area contributed by atoms with Crippen molar-refractivity contribution < 1.29 is 14.6 Å². The molecule has 0 amide bonds. The van der Waals surface area contributed by atoms with Gasteiger partial charge < -0.3 is 9.84 Å². The summed E-state index contributed by atoms with van der Waals surface area (Å²) in [5, 5.41) is 9.01. The monoisotopic (exact) mass is 305 g/mol. The highest BCUT2D eigenvalue weighted by atomic mass is 32.1. The summed E-state index contributed by atoms with van der Waals surface area (Å²) in [6.07, 6.45) is 3.47. The van der Waals surface area contributed by atoms with Crippen molar-refractivity contribution in [2.24, 2.45) is 0 Å². The third-order valence-corrected chi connectivity index (χ3v) is 4.37. The molecular formula is C14H15N3O3S. The first-order valence-electron chi connectivity index (χ1n) is 6.54. The fourth-order valence-electron chi connectivity index (χ4n) is 2.23. The van der Waals surface area contributed by atoms with Gasteiger partial charge in [-0.1, -0.05) is 0 Å². The van der Waals surface area contributed by atoms with E-state index in [9.17, 15) is 4.79 Å². The predicted molar refractivity (Wildman–Crippen MR) is 79.0 cm³/mol. The van der Waals surface area contributed by atoms with E-state index in [4.69, 9.17) is 9.84 Å². The third kappa shape index (κ3) is 2.88. The van der Waals surface area contributed by atoms with Crippen LogP contribution in [0.2, 0.25) is 0 Å². The molecule has 0 aromatic carbocycles. The minimum Gasteiger partial charge on any atom is -0.485 e. The number of carboxylic acids is 1. The summed E-state index contributed by atoms with van der Waals surface area (Å²) in [6, 6.07) is 1.61. The van der Waals surface area contributed by atoms with Gasteiger partial charge in [0.15, 0.2) is 11.6 Å². The molecule has 2 aromatic heterocycles. The lowest BCUT2D eigenvalue weighted by molar-refractivity contribution is 0.0383. The standard InChI is InChI=1S/C14H15N3O3S/c1-8-11(3-12(21-8)14(18)19)13-15-4-9(5-16-13)20-10-6-17(2)7-10/h3-5,10H,6-7H2,1-2H3,(H,18,19). The van der Waals surface area contributed by atoms with Crippen LogP contribution in [0.4, 0.5) is 0 Å². The van der Waals surface area contributed by atoms with E-state index in [0.29, 0.717) is 16.5 Å². The Labute approximate surface area is 126 Å². The Morgan fingerprint density at radius 3 is 2.62 bits per heavy atom. The van der Waals surface area contributed by atoms with Crippen molar-refractivity contribution in [2.45, 2.75) is 13.0 Å². The quantitative estimate of drug-likeness (QED) is 0.930. The molecule has 3 rings (SSSR count). The molecule has 0 atom stereocenters. The number of hydrogen-bond acceptors (Lipinski definition) is 6. The molecule has 1 aliphatic heterocycles. The Bertz CT molecular complexity index is 663. The minimum absolute atomic E-state index is 0.200. The van der Waals surface area contributed by atoms with Crippen LogP contribution in [0.5, 0.6) is 5.75 Å². The lowest BCUT2D eigenvalue weighted by Gasteiger charge is -2.35. The van der Waals surface area contributed by atoms with Crippen molar-refractivity contribution in [2.75, 3.05) is 20.1 Å². The maximum absolute atomic E-state index is 11.0. The van der Waals surface area contributed by atoms with Crippen molar-refractivity contribution in [3.8, 4) is 17.1 Å². The van der Waals surface area contributed by atoms with Crippen LogP contribution in [0.25, 0.3) is 11.4 Å². The van der Waals surface area contributed by atoms with Gasteiger partial charge in [-0.2, -0.15) is 0 Å². The SMILES string of the molecule is Cc1sc(C(=O)O)cc1-c1ncc(OC2CN(C)C2)cn1. The lowest BCUT2D eigenvalue weighted by atomic mass is 10.2. The van der Waals surface area contributed by atoms with Gasteiger partial charge >= 0.3 is 5.97 Å². The van der Waals surface area contributed by atoms with Crippen LogP contribution in [0, 0.1) is 6.92 Å². The number of thiophene rings is 1. The molecule has 1 fully saturated rings. The number of likely N-dealkylation sites (N-methyl/N-ethyl adjacent to an activating group) is 1. The number of rotatable bonds is 4. The average Bonchev–Trinajstić information content (AvgIpc) is 2.80. The van der Waals surface area contributed by atoms with Gasteiger partial charge in [0.2, 0.25) is 0 Å². The molecule has 0 bridgehead atoms. The Morgan fingerprint density at radius 2 is 2.10 bits per heavy atom. The van der Waals surface area contributed by atoms with E-state index >= 15 is 0 Å². The maximum atomic E-state index is 11.0. The van der Waals surface area contributed by atoms with E-state index in [2.05, 4.69) is 14.9 Å². The molecule has 3 heterocycles. The second kappa shape index (κ2) is 5.42. The van der Waals surface area contributed by atoms with Crippen LogP contribution in [0.1, 0.15) is 14.5 Å². The third-order valence-electron chi connectivity index (χ3n) is 3.33. The van der Waals surface area contributed by atoms with Crippen molar-refractivity contribution in [3.63, 3.8) is 0 Å². The van der Waals surface area contributed by atoms with Crippen LogP contribution in [0.3, 0.4) is 0 Å². The summed E-state index contributed by atoms with van der Waals surface area (Å²) < 4.78 is 5.73. The van der Waals surface area contributed by atoms with Gasteiger partial charge in [0.25, 0.3) is 0 Å². The van der Waals surface area contributed by atoms with Crippen LogP contribution < -0.4 is 4.74 Å². The van der Waals surface area contributed by atoms with E-state index in [1.165, 1.54) is 11.3 Å². The molecule has 21 heavy (non-hydrogen) atoms. The molecule has 6 nitrogen and oxygen atoms in total. The number of likely N-dealkylation sites (tertiary alicyclic amines) is 1. The number of aryl methyl sites for hydroxylation is 1. The van der Waals surface area contributed by atoms with E-state index in [-0.39, 0.29) is 6.10 Å². The highest BCUT2D eigenvalue weighted by Gasteiger charge is 2.25. The molecule has 0 saturated carbocycles. The van der Waals surface area contributed by atoms with E-state index in [1.54, 1.807) is 18.5 Å². The normalized spacial score (nSPS) is 15.7. The predicted octanol–water partition coefficient (Wildman–Crippen LogP) is 1.90. The zero-order valence-corrected chi connectivity index (χ0v) is 12.6. The van der Waals surface area contributed by atoms with Crippen LogP contribution in [0.15, 0.2) is 18.5 Å². The molecule has 0 unspecified atom stereocenters. The number of aromatic carboxylic acids is 1. The van der Waals surface area contributed by atoms with Crippen LogP contribution >= 0.6 is 11.3 Å².